The molecule has 1 atom stereocenters. The number of rotatable bonds is 3. The van der Waals surface area contributed by atoms with Crippen molar-refractivity contribution in [3.63, 3.8) is 0 Å². The van der Waals surface area contributed by atoms with Crippen LogP contribution in [0, 0.1) is 19.7 Å². The van der Waals surface area contributed by atoms with Crippen LogP contribution in [0.25, 0.3) is 5.69 Å². The van der Waals surface area contributed by atoms with Gasteiger partial charge in [0.05, 0.1) is 11.4 Å². The average Bonchev–Trinajstić information content (AvgIpc) is 3.33. The first-order valence-electron chi connectivity index (χ1n) is 9.67. The number of carbonyl (C=O) groups excluding carboxylic acids is 2. The highest BCUT2D eigenvalue weighted by atomic mass is 32.2. The van der Waals surface area contributed by atoms with E-state index in [-0.39, 0.29) is 17.6 Å². The fourth-order valence-electron chi connectivity index (χ4n) is 3.96. The highest BCUT2D eigenvalue weighted by Gasteiger charge is 2.38. The zero-order chi connectivity index (χ0) is 20.5. The number of nitrogens with zero attached hydrogens (tertiary/aromatic N) is 3. The van der Waals surface area contributed by atoms with E-state index in [0.717, 1.165) is 41.7 Å². The van der Waals surface area contributed by atoms with Gasteiger partial charge in [0.25, 0.3) is 5.91 Å². The number of aromatic nitrogens is 1. The molecule has 29 heavy (non-hydrogen) atoms. The molecule has 1 aromatic carbocycles. The molecule has 0 N–H and O–H groups in total. The van der Waals surface area contributed by atoms with E-state index in [1.54, 1.807) is 28.8 Å². The molecule has 0 saturated carbocycles. The van der Waals surface area contributed by atoms with Gasteiger partial charge in [0.1, 0.15) is 11.9 Å². The number of hydrogen-bond acceptors (Lipinski definition) is 4. The number of carbonyl (C=O) groups is 2. The van der Waals surface area contributed by atoms with Crippen LogP contribution in [-0.2, 0) is 4.79 Å². The normalized spacial score (nSPS) is 19.6. The largest absolute Gasteiger partial charge is 0.339 e. The molecule has 2 saturated heterocycles. The molecule has 3 heterocycles. The van der Waals surface area contributed by atoms with Gasteiger partial charge in [0, 0.05) is 47.4 Å². The van der Waals surface area contributed by atoms with Crippen LogP contribution in [0.15, 0.2) is 30.3 Å². The summed E-state index contributed by atoms with van der Waals surface area (Å²) in [4.78, 5) is 30.0. The summed E-state index contributed by atoms with van der Waals surface area (Å²) in [6, 6.07) is 7.70. The highest BCUT2D eigenvalue weighted by Crippen LogP contribution is 2.28. The Morgan fingerprint density at radius 1 is 1.07 bits per heavy atom. The van der Waals surface area contributed by atoms with Gasteiger partial charge in [-0.3, -0.25) is 9.59 Å². The average molecular weight is 434 g/mol. The van der Waals surface area contributed by atoms with Crippen LogP contribution < -0.4 is 0 Å². The molecule has 2 aliphatic rings. The quantitative estimate of drug-likeness (QED) is 0.745. The van der Waals surface area contributed by atoms with Crippen LogP contribution in [-0.4, -0.2) is 68.4 Å². The molecule has 2 amide bonds. The molecule has 154 valence electrons. The smallest absolute Gasteiger partial charge is 0.257 e. The van der Waals surface area contributed by atoms with Gasteiger partial charge in [0.2, 0.25) is 5.91 Å². The number of thioether (sulfide) groups is 2. The fraction of sp³-hybridized carbons (Fsp3) is 0.429. The van der Waals surface area contributed by atoms with Crippen molar-refractivity contribution in [2.24, 2.45) is 0 Å². The molecule has 1 aromatic heterocycles. The molecule has 5 nitrogen and oxygen atoms in total. The molecular weight excluding hydrogens is 409 g/mol. The van der Waals surface area contributed by atoms with Crippen molar-refractivity contribution in [2.75, 3.05) is 36.2 Å². The molecule has 1 unspecified atom stereocenters. The third-order valence-corrected chi connectivity index (χ3v) is 7.45. The van der Waals surface area contributed by atoms with E-state index in [9.17, 15) is 14.0 Å². The molecule has 0 spiro atoms. The summed E-state index contributed by atoms with van der Waals surface area (Å²) in [6.07, 6.45) is 0. The Morgan fingerprint density at radius 2 is 1.76 bits per heavy atom. The second-order valence-corrected chi connectivity index (χ2v) is 9.55. The van der Waals surface area contributed by atoms with Gasteiger partial charge in [-0.15, -0.1) is 11.8 Å². The lowest BCUT2D eigenvalue weighted by molar-refractivity contribution is -0.134. The number of halogens is 1. The Labute approximate surface area is 178 Å². The van der Waals surface area contributed by atoms with Gasteiger partial charge in [-0.1, -0.05) is 0 Å². The van der Waals surface area contributed by atoms with Crippen molar-refractivity contribution in [3.05, 3.63) is 53.1 Å². The summed E-state index contributed by atoms with van der Waals surface area (Å²) in [5.74, 6) is 2.75. The van der Waals surface area contributed by atoms with Gasteiger partial charge in [-0.05, 0) is 44.2 Å². The lowest BCUT2D eigenvalue weighted by Crippen LogP contribution is -2.51. The third-order valence-electron chi connectivity index (χ3n) is 5.50. The molecule has 8 heteroatoms. The van der Waals surface area contributed by atoms with Gasteiger partial charge in [-0.25, -0.2) is 4.39 Å². The summed E-state index contributed by atoms with van der Waals surface area (Å²) in [5, 5.41) is 0. The fourth-order valence-corrected chi connectivity index (χ4v) is 6.01. The minimum atomic E-state index is -0.399. The molecule has 2 aromatic rings. The van der Waals surface area contributed by atoms with Gasteiger partial charge in [0.15, 0.2) is 0 Å². The molecule has 2 fully saturated rings. The monoisotopic (exact) mass is 433 g/mol. The number of hydrogen-bond donors (Lipinski definition) is 0. The van der Waals surface area contributed by atoms with Crippen LogP contribution >= 0.6 is 23.5 Å². The summed E-state index contributed by atoms with van der Waals surface area (Å²) in [6.45, 7) is 5.34. The molecule has 2 aliphatic heterocycles. The summed E-state index contributed by atoms with van der Waals surface area (Å²) in [7, 11) is 0. The zero-order valence-corrected chi connectivity index (χ0v) is 18.2. The maximum atomic E-state index is 13.4. The minimum Gasteiger partial charge on any atom is -0.339 e. The third kappa shape index (κ3) is 3.92. The van der Waals surface area contributed by atoms with Crippen molar-refractivity contribution in [1.29, 1.82) is 0 Å². The maximum Gasteiger partial charge on any atom is 0.257 e. The number of amides is 2. The van der Waals surface area contributed by atoms with Gasteiger partial charge in [-0.2, -0.15) is 11.8 Å². The number of aryl methyl sites for hydroxylation is 1. The Hall–Kier alpha value is -1.93. The second-order valence-electron chi connectivity index (χ2n) is 7.32. The van der Waals surface area contributed by atoms with E-state index in [1.807, 2.05) is 41.1 Å². The van der Waals surface area contributed by atoms with Crippen LogP contribution in [0.4, 0.5) is 4.39 Å². The Morgan fingerprint density at radius 3 is 2.45 bits per heavy atom. The first-order valence-corrected chi connectivity index (χ1v) is 12.0. The van der Waals surface area contributed by atoms with E-state index < -0.39 is 6.04 Å². The van der Waals surface area contributed by atoms with Gasteiger partial charge >= 0.3 is 0 Å². The van der Waals surface area contributed by atoms with E-state index in [2.05, 4.69) is 0 Å². The lowest BCUT2D eigenvalue weighted by atomic mass is 10.1. The second kappa shape index (κ2) is 8.44. The molecule has 0 aliphatic carbocycles. The summed E-state index contributed by atoms with van der Waals surface area (Å²) in [5.41, 5.74) is 3.12. The van der Waals surface area contributed by atoms with Crippen molar-refractivity contribution in [1.82, 2.24) is 14.4 Å². The van der Waals surface area contributed by atoms with Crippen LogP contribution in [0.2, 0.25) is 0 Å². The van der Waals surface area contributed by atoms with Crippen molar-refractivity contribution < 1.29 is 14.0 Å². The molecule has 0 radical (unpaired) electrons. The standard InChI is InChI=1S/C21H24FN3O2S2/c1-14-11-18(15(2)25(14)17-5-3-16(22)4-6-17)20(26)24-13-29-12-19(24)21(27)23-7-9-28-10-8-23/h3-6,11,19H,7-10,12-13H2,1-2H3. The van der Waals surface area contributed by atoms with Crippen LogP contribution in [0.1, 0.15) is 21.7 Å². The van der Waals surface area contributed by atoms with E-state index >= 15 is 0 Å². The van der Waals surface area contributed by atoms with Gasteiger partial charge < -0.3 is 14.4 Å². The Balaban J connectivity index is 1.59. The number of benzene rings is 1. The predicted molar refractivity (Wildman–Crippen MR) is 116 cm³/mol. The van der Waals surface area contributed by atoms with Crippen molar-refractivity contribution >= 4 is 35.3 Å². The Bertz CT molecular complexity index is 923. The first kappa shape index (κ1) is 20.3. The molecule has 4 rings (SSSR count). The van der Waals surface area contributed by atoms with E-state index in [4.69, 9.17) is 0 Å². The van der Waals surface area contributed by atoms with E-state index in [1.165, 1.54) is 12.1 Å². The summed E-state index contributed by atoms with van der Waals surface area (Å²) >= 11 is 3.49. The predicted octanol–water partition coefficient (Wildman–Crippen LogP) is 3.32. The van der Waals surface area contributed by atoms with Crippen LogP contribution in [0.5, 0.6) is 0 Å². The molecule has 0 bridgehead atoms. The topological polar surface area (TPSA) is 45.6 Å². The molecular formula is C21H24FN3O2S2. The summed E-state index contributed by atoms with van der Waals surface area (Å²) < 4.78 is 15.3. The van der Waals surface area contributed by atoms with Crippen molar-refractivity contribution in [2.45, 2.75) is 19.9 Å². The maximum absolute atomic E-state index is 13.4. The zero-order valence-electron chi connectivity index (χ0n) is 16.6. The Kier molecular flexibility index (Phi) is 5.92. The lowest BCUT2D eigenvalue weighted by Gasteiger charge is -2.32. The SMILES string of the molecule is Cc1cc(C(=O)N2CSCC2C(=O)N2CCSCC2)c(C)n1-c1ccc(F)cc1. The highest BCUT2D eigenvalue weighted by molar-refractivity contribution is 7.99. The van der Waals surface area contributed by atoms with Crippen LogP contribution in [0.3, 0.4) is 0 Å². The first-order chi connectivity index (χ1) is 14.0. The van der Waals surface area contributed by atoms with Crippen molar-refractivity contribution in [3.8, 4) is 5.69 Å². The minimum absolute atomic E-state index is 0.0657. The van der Waals surface area contributed by atoms with E-state index in [0.29, 0.717) is 17.2 Å².